The van der Waals surface area contributed by atoms with Gasteiger partial charge < -0.3 is 14.6 Å². The third-order valence-electron chi connectivity index (χ3n) is 2.53. The lowest BCUT2D eigenvalue weighted by molar-refractivity contribution is 0.117. The molecule has 2 aliphatic rings. The molecule has 2 atom stereocenters. The molecule has 68 valence electrons. The molecule has 2 rings (SSSR count). The summed E-state index contributed by atoms with van der Waals surface area (Å²) in [7, 11) is 0. The quantitative estimate of drug-likeness (QED) is 0.577. The lowest BCUT2D eigenvalue weighted by Gasteiger charge is -2.20. The van der Waals surface area contributed by atoms with Crippen LogP contribution in [0.5, 0.6) is 0 Å². The van der Waals surface area contributed by atoms with E-state index in [9.17, 15) is 5.11 Å². The molecule has 0 radical (unpaired) electrons. The Labute approximate surface area is 72.0 Å². The Morgan fingerprint density at radius 2 is 2.25 bits per heavy atom. The van der Waals surface area contributed by atoms with Gasteiger partial charge in [-0.1, -0.05) is 11.6 Å². The van der Waals surface area contributed by atoms with Crippen molar-refractivity contribution in [2.24, 2.45) is 5.92 Å². The maximum absolute atomic E-state index is 9.53. The molecule has 0 aromatic heterocycles. The van der Waals surface area contributed by atoms with Crippen LogP contribution < -0.4 is 0 Å². The molecular formula is C9H14O3. The highest BCUT2D eigenvalue weighted by Crippen LogP contribution is 2.26. The zero-order chi connectivity index (χ0) is 8.39. The molecule has 0 bridgehead atoms. The zero-order valence-corrected chi connectivity index (χ0v) is 7.03. The van der Waals surface area contributed by atoms with Crippen LogP contribution >= 0.6 is 0 Å². The molecule has 12 heavy (non-hydrogen) atoms. The number of hydrogen-bond acceptors (Lipinski definition) is 3. The molecule has 2 aliphatic heterocycles. The summed E-state index contributed by atoms with van der Waals surface area (Å²) in [6.07, 6.45) is 2.73. The smallest absolute Gasteiger partial charge is 0.0860 e. The van der Waals surface area contributed by atoms with Crippen LogP contribution in [0.1, 0.15) is 6.42 Å². The fraction of sp³-hybridized carbons (Fsp3) is 0.778. The first-order valence-electron chi connectivity index (χ1n) is 4.40. The Bertz CT molecular complexity index is 188. The topological polar surface area (TPSA) is 38.7 Å². The van der Waals surface area contributed by atoms with Crippen molar-refractivity contribution in [1.82, 2.24) is 0 Å². The number of rotatable bonds is 1. The van der Waals surface area contributed by atoms with Crippen LogP contribution in [0.25, 0.3) is 0 Å². The molecule has 1 fully saturated rings. The summed E-state index contributed by atoms with van der Waals surface area (Å²) in [5.74, 6) is 0.230. The van der Waals surface area contributed by atoms with E-state index in [1.165, 1.54) is 5.57 Å². The highest BCUT2D eigenvalue weighted by molar-refractivity contribution is 5.12. The normalized spacial score (nSPS) is 36.6. The molecule has 3 heteroatoms. The van der Waals surface area contributed by atoms with Crippen LogP contribution in [0.15, 0.2) is 11.6 Å². The number of aliphatic hydroxyl groups excluding tert-OH is 1. The maximum Gasteiger partial charge on any atom is 0.0860 e. The SMILES string of the molecule is O[C@@H]1COC[C@H]1C1=CCOCC1. The summed E-state index contributed by atoms with van der Waals surface area (Å²) < 4.78 is 10.4. The van der Waals surface area contributed by atoms with Crippen molar-refractivity contribution < 1.29 is 14.6 Å². The van der Waals surface area contributed by atoms with Crippen LogP contribution in [0.2, 0.25) is 0 Å². The molecule has 0 aromatic rings. The van der Waals surface area contributed by atoms with E-state index in [2.05, 4.69) is 6.08 Å². The molecule has 0 spiro atoms. The fourth-order valence-electron chi connectivity index (χ4n) is 1.78. The largest absolute Gasteiger partial charge is 0.390 e. The van der Waals surface area contributed by atoms with Gasteiger partial charge in [0.05, 0.1) is 32.5 Å². The monoisotopic (exact) mass is 170 g/mol. The van der Waals surface area contributed by atoms with Gasteiger partial charge in [0.15, 0.2) is 0 Å². The summed E-state index contributed by atoms with van der Waals surface area (Å²) in [6.45, 7) is 2.64. The van der Waals surface area contributed by atoms with Gasteiger partial charge in [0.1, 0.15) is 0 Å². The number of aliphatic hydroxyl groups is 1. The zero-order valence-electron chi connectivity index (χ0n) is 7.03. The average Bonchev–Trinajstić information content (AvgIpc) is 2.53. The molecule has 0 amide bonds. The summed E-state index contributed by atoms with van der Waals surface area (Å²) >= 11 is 0. The highest BCUT2D eigenvalue weighted by atomic mass is 16.5. The molecular weight excluding hydrogens is 156 g/mol. The predicted molar refractivity (Wildman–Crippen MR) is 43.8 cm³/mol. The van der Waals surface area contributed by atoms with E-state index < -0.39 is 0 Å². The van der Waals surface area contributed by atoms with Gasteiger partial charge >= 0.3 is 0 Å². The van der Waals surface area contributed by atoms with E-state index in [4.69, 9.17) is 9.47 Å². The Morgan fingerprint density at radius 3 is 2.83 bits per heavy atom. The lowest BCUT2D eigenvalue weighted by Crippen LogP contribution is -2.22. The molecule has 3 nitrogen and oxygen atoms in total. The fourth-order valence-corrected chi connectivity index (χ4v) is 1.78. The van der Waals surface area contributed by atoms with Crippen molar-refractivity contribution in [2.45, 2.75) is 12.5 Å². The Balaban J connectivity index is 2.02. The molecule has 2 heterocycles. The third kappa shape index (κ3) is 1.53. The van der Waals surface area contributed by atoms with Crippen LogP contribution in [-0.4, -0.2) is 37.6 Å². The maximum atomic E-state index is 9.53. The van der Waals surface area contributed by atoms with E-state index in [0.717, 1.165) is 13.0 Å². The molecule has 0 saturated carbocycles. The summed E-state index contributed by atoms with van der Waals surface area (Å²) in [4.78, 5) is 0. The van der Waals surface area contributed by atoms with Crippen molar-refractivity contribution in [3.05, 3.63) is 11.6 Å². The van der Waals surface area contributed by atoms with Crippen molar-refractivity contribution in [3.8, 4) is 0 Å². The highest BCUT2D eigenvalue weighted by Gasteiger charge is 2.29. The van der Waals surface area contributed by atoms with Crippen LogP contribution in [-0.2, 0) is 9.47 Å². The second kappa shape index (κ2) is 3.56. The Kier molecular flexibility index (Phi) is 2.44. The molecule has 0 aliphatic carbocycles. The summed E-state index contributed by atoms with van der Waals surface area (Å²) in [6, 6.07) is 0. The van der Waals surface area contributed by atoms with E-state index >= 15 is 0 Å². The number of hydrogen-bond donors (Lipinski definition) is 1. The first kappa shape index (κ1) is 8.23. The van der Waals surface area contributed by atoms with Gasteiger partial charge in [0.25, 0.3) is 0 Å². The minimum atomic E-state index is -0.297. The predicted octanol–water partition coefficient (Wildman–Crippen LogP) is 0.340. The third-order valence-corrected chi connectivity index (χ3v) is 2.53. The lowest BCUT2D eigenvalue weighted by atomic mass is 9.93. The van der Waals surface area contributed by atoms with Crippen LogP contribution in [0.3, 0.4) is 0 Å². The van der Waals surface area contributed by atoms with E-state index in [-0.39, 0.29) is 12.0 Å². The van der Waals surface area contributed by atoms with Gasteiger partial charge in [-0.15, -0.1) is 0 Å². The average molecular weight is 170 g/mol. The Morgan fingerprint density at radius 1 is 1.33 bits per heavy atom. The van der Waals surface area contributed by atoms with E-state index in [1.807, 2.05) is 0 Å². The van der Waals surface area contributed by atoms with Crippen molar-refractivity contribution in [1.29, 1.82) is 0 Å². The van der Waals surface area contributed by atoms with E-state index in [0.29, 0.717) is 19.8 Å². The second-order valence-corrected chi connectivity index (χ2v) is 3.32. The summed E-state index contributed by atoms with van der Waals surface area (Å²) in [5.41, 5.74) is 1.31. The first-order chi connectivity index (χ1) is 5.88. The van der Waals surface area contributed by atoms with Crippen LogP contribution in [0, 0.1) is 5.92 Å². The second-order valence-electron chi connectivity index (χ2n) is 3.32. The van der Waals surface area contributed by atoms with Gasteiger partial charge in [-0.25, -0.2) is 0 Å². The van der Waals surface area contributed by atoms with Crippen molar-refractivity contribution in [3.63, 3.8) is 0 Å². The Hall–Kier alpha value is -0.380. The van der Waals surface area contributed by atoms with Gasteiger partial charge in [0.2, 0.25) is 0 Å². The molecule has 1 saturated heterocycles. The van der Waals surface area contributed by atoms with Gasteiger partial charge in [-0.3, -0.25) is 0 Å². The minimum absolute atomic E-state index is 0.230. The van der Waals surface area contributed by atoms with Crippen molar-refractivity contribution >= 4 is 0 Å². The first-order valence-corrected chi connectivity index (χ1v) is 4.40. The molecule has 0 aromatic carbocycles. The van der Waals surface area contributed by atoms with Gasteiger partial charge in [-0.2, -0.15) is 0 Å². The number of ether oxygens (including phenoxy) is 2. The standard InChI is InChI=1S/C9H14O3/c10-9-6-12-5-8(9)7-1-3-11-4-2-7/h1,8-10H,2-6H2/t8-,9+/m0/s1. The van der Waals surface area contributed by atoms with E-state index in [1.54, 1.807) is 0 Å². The summed E-state index contributed by atoms with van der Waals surface area (Å²) in [5, 5.41) is 9.53. The molecule has 1 N–H and O–H groups in total. The molecule has 0 unspecified atom stereocenters. The van der Waals surface area contributed by atoms with Gasteiger partial charge in [0, 0.05) is 5.92 Å². The minimum Gasteiger partial charge on any atom is -0.390 e. The van der Waals surface area contributed by atoms with Crippen LogP contribution in [0.4, 0.5) is 0 Å². The van der Waals surface area contributed by atoms with Gasteiger partial charge in [-0.05, 0) is 6.42 Å². The van der Waals surface area contributed by atoms with Crippen molar-refractivity contribution in [2.75, 3.05) is 26.4 Å².